The third-order valence-corrected chi connectivity index (χ3v) is 3.38. The number of methoxy groups -OCH3 is 1. The van der Waals surface area contributed by atoms with Crippen LogP contribution in [0.25, 0.3) is 0 Å². The highest BCUT2D eigenvalue weighted by atomic mass is 32.2. The van der Waals surface area contributed by atoms with E-state index in [9.17, 15) is 9.59 Å². The fourth-order valence-corrected chi connectivity index (χ4v) is 2.27. The van der Waals surface area contributed by atoms with Gasteiger partial charge in [-0.2, -0.15) is 15.1 Å². The van der Waals surface area contributed by atoms with Gasteiger partial charge in [-0.1, -0.05) is 11.8 Å². The number of hydrogen-bond donors (Lipinski definition) is 0. The second-order valence-electron chi connectivity index (χ2n) is 3.93. The van der Waals surface area contributed by atoms with Gasteiger partial charge in [-0.15, -0.1) is 0 Å². The van der Waals surface area contributed by atoms with Crippen LogP contribution in [0.2, 0.25) is 0 Å². The number of carbonyl (C=O) groups excluding carboxylic acids is 2. The molecule has 0 fully saturated rings. The molecule has 6 nitrogen and oxygen atoms in total. The minimum absolute atomic E-state index is 0.247. The van der Waals surface area contributed by atoms with Gasteiger partial charge < -0.3 is 4.74 Å². The van der Waals surface area contributed by atoms with E-state index in [1.807, 2.05) is 12.1 Å². The topological polar surface area (TPSA) is 71.3 Å². The van der Waals surface area contributed by atoms with Crippen LogP contribution in [0, 0.1) is 0 Å². The minimum Gasteiger partial charge on any atom is -0.497 e. The molecule has 0 N–H and O–H groups in total. The van der Waals surface area contributed by atoms with Gasteiger partial charge in [0.05, 0.1) is 19.1 Å². The van der Waals surface area contributed by atoms with Crippen LogP contribution in [0.5, 0.6) is 5.75 Å². The van der Waals surface area contributed by atoms with Crippen LogP contribution in [0.4, 0.5) is 0 Å². The van der Waals surface area contributed by atoms with Crippen LogP contribution in [0.1, 0.15) is 12.5 Å². The molecule has 0 radical (unpaired) electrons. The Morgan fingerprint density at radius 3 is 2.65 bits per heavy atom. The second-order valence-corrected chi connectivity index (χ2v) is 4.87. The highest BCUT2D eigenvalue weighted by molar-refractivity contribution is 8.14. The smallest absolute Gasteiger partial charge is 0.258 e. The maximum absolute atomic E-state index is 11.5. The molecule has 0 aromatic heterocycles. The van der Waals surface area contributed by atoms with Crippen molar-refractivity contribution in [2.45, 2.75) is 6.92 Å². The Morgan fingerprint density at radius 2 is 2.15 bits per heavy atom. The summed E-state index contributed by atoms with van der Waals surface area (Å²) in [4.78, 5) is 26.4. The van der Waals surface area contributed by atoms with Gasteiger partial charge in [0, 0.05) is 6.92 Å². The fraction of sp³-hybridized carbons (Fsp3) is 0.231. The molecule has 0 saturated heterocycles. The predicted molar refractivity (Wildman–Crippen MR) is 78.0 cm³/mol. The largest absolute Gasteiger partial charge is 0.497 e. The van der Waals surface area contributed by atoms with Gasteiger partial charge in [0.15, 0.2) is 5.17 Å². The van der Waals surface area contributed by atoms with Gasteiger partial charge in [-0.25, -0.2) is 0 Å². The van der Waals surface area contributed by atoms with Gasteiger partial charge in [0.2, 0.25) is 5.91 Å². The zero-order chi connectivity index (χ0) is 14.5. The van der Waals surface area contributed by atoms with Crippen LogP contribution in [-0.4, -0.2) is 41.1 Å². The SMILES string of the molecule is COc1ccc(/C=N/N(C(C)=O)C2=NC(=O)CS2)cc1. The number of amidine groups is 1. The number of benzene rings is 1. The monoisotopic (exact) mass is 291 g/mol. The van der Waals surface area contributed by atoms with E-state index in [0.717, 1.165) is 16.3 Å². The molecule has 0 unspecified atom stereocenters. The van der Waals surface area contributed by atoms with E-state index in [1.165, 1.54) is 24.9 Å². The minimum atomic E-state index is -0.296. The summed E-state index contributed by atoms with van der Waals surface area (Å²) in [5.41, 5.74) is 0.812. The third-order valence-electron chi connectivity index (χ3n) is 2.46. The van der Waals surface area contributed by atoms with Crippen LogP contribution in [0.15, 0.2) is 34.4 Å². The van der Waals surface area contributed by atoms with Crippen LogP contribution in [-0.2, 0) is 9.59 Å². The number of carbonyl (C=O) groups is 2. The normalized spacial score (nSPS) is 14.5. The Labute approximate surface area is 120 Å². The van der Waals surface area contributed by atoms with E-state index in [2.05, 4.69) is 10.1 Å². The molecule has 2 rings (SSSR count). The number of aliphatic imine (C=N–C) groups is 1. The second kappa shape index (κ2) is 6.33. The lowest BCUT2D eigenvalue weighted by atomic mass is 10.2. The number of nitrogens with zero attached hydrogens (tertiary/aromatic N) is 3. The van der Waals surface area contributed by atoms with E-state index < -0.39 is 0 Å². The molecule has 0 aliphatic carbocycles. The summed E-state index contributed by atoms with van der Waals surface area (Å²) in [5, 5.41) is 5.52. The van der Waals surface area contributed by atoms with Crippen molar-refractivity contribution in [3.8, 4) is 5.75 Å². The van der Waals surface area contributed by atoms with E-state index in [4.69, 9.17) is 4.74 Å². The summed E-state index contributed by atoms with van der Waals surface area (Å²) in [5.74, 6) is 0.440. The lowest BCUT2D eigenvalue weighted by Gasteiger charge is -2.12. The Balaban J connectivity index is 2.15. The van der Waals surface area contributed by atoms with Crippen molar-refractivity contribution < 1.29 is 14.3 Å². The van der Waals surface area contributed by atoms with Crippen molar-refractivity contribution in [3.05, 3.63) is 29.8 Å². The van der Waals surface area contributed by atoms with Gasteiger partial charge in [0.25, 0.3) is 5.91 Å². The lowest BCUT2D eigenvalue weighted by molar-refractivity contribution is -0.124. The summed E-state index contributed by atoms with van der Waals surface area (Å²) in [7, 11) is 1.59. The van der Waals surface area contributed by atoms with Crippen LogP contribution in [0.3, 0.4) is 0 Å². The zero-order valence-electron chi connectivity index (χ0n) is 11.1. The Bertz CT molecular complexity index is 581. The number of ether oxygens (including phenoxy) is 1. The first-order valence-corrected chi connectivity index (χ1v) is 6.82. The first-order valence-electron chi connectivity index (χ1n) is 5.83. The van der Waals surface area contributed by atoms with E-state index in [0.29, 0.717) is 5.17 Å². The molecule has 1 heterocycles. The molecule has 0 saturated carbocycles. The summed E-state index contributed by atoms with van der Waals surface area (Å²) >= 11 is 1.20. The molecule has 7 heteroatoms. The van der Waals surface area contributed by atoms with Crippen molar-refractivity contribution >= 4 is 35.0 Å². The molecule has 1 aliphatic rings. The molecule has 0 atom stereocenters. The number of hydrazone groups is 1. The van der Waals surface area contributed by atoms with Crippen molar-refractivity contribution in [1.82, 2.24) is 5.01 Å². The third kappa shape index (κ3) is 3.45. The molecule has 1 aromatic rings. The Hall–Kier alpha value is -2.15. The van der Waals surface area contributed by atoms with Crippen LogP contribution >= 0.6 is 11.8 Å². The molecule has 0 spiro atoms. The highest BCUT2D eigenvalue weighted by Gasteiger charge is 2.23. The molecule has 1 aromatic carbocycles. The van der Waals surface area contributed by atoms with Crippen molar-refractivity contribution in [2.75, 3.05) is 12.9 Å². The van der Waals surface area contributed by atoms with E-state index in [1.54, 1.807) is 19.2 Å². The van der Waals surface area contributed by atoms with Gasteiger partial charge in [-0.05, 0) is 29.8 Å². The molecule has 104 valence electrons. The predicted octanol–water partition coefficient (Wildman–Crippen LogP) is 1.51. The first kappa shape index (κ1) is 14.3. The average Bonchev–Trinajstić information content (AvgIpc) is 2.86. The maximum atomic E-state index is 11.5. The van der Waals surface area contributed by atoms with Crippen molar-refractivity contribution in [3.63, 3.8) is 0 Å². The summed E-state index contributed by atoms with van der Waals surface area (Å²) in [6, 6.07) is 7.22. The molecule has 1 aliphatic heterocycles. The quantitative estimate of drug-likeness (QED) is 0.625. The summed E-state index contributed by atoms with van der Waals surface area (Å²) in [6.07, 6.45) is 1.53. The summed E-state index contributed by atoms with van der Waals surface area (Å²) < 4.78 is 5.06. The highest BCUT2D eigenvalue weighted by Crippen LogP contribution is 2.17. The maximum Gasteiger partial charge on any atom is 0.258 e. The van der Waals surface area contributed by atoms with Crippen LogP contribution < -0.4 is 4.74 Å². The molecule has 0 bridgehead atoms. The first-order chi connectivity index (χ1) is 9.60. The summed E-state index contributed by atoms with van der Waals surface area (Å²) in [6.45, 7) is 1.37. The average molecular weight is 291 g/mol. The molecule has 2 amide bonds. The number of thioether (sulfide) groups is 1. The van der Waals surface area contributed by atoms with Gasteiger partial charge in [0.1, 0.15) is 5.75 Å². The van der Waals surface area contributed by atoms with E-state index >= 15 is 0 Å². The van der Waals surface area contributed by atoms with Gasteiger partial charge in [-0.3, -0.25) is 9.59 Å². The number of amides is 2. The molecular formula is C13H13N3O3S. The molecular weight excluding hydrogens is 278 g/mol. The lowest BCUT2D eigenvalue weighted by Crippen LogP contribution is -2.27. The van der Waals surface area contributed by atoms with Crippen molar-refractivity contribution in [1.29, 1.82) is 0 Å². The Morgan fingerprint density at radius 1 is 1.45 bits per heavy atom. The number of hydrogen-bond acceptors (Lipinski definition) is 5. The fourth-order valence-electron chi connectivity index (χ4n) is 1.49. The van der Waals surface area contributed by atoms with E-state index in [-0.39, 0.29) is 17.6 Å². The Kier molecular flexibility index (Phi) is 4.52. The van der Waals surface area contributed by atoms with Gasteiger partial charge >= 0.3 is 0 Å². The van der Waals surface area contributed by atoms with Crippen molar-refractivity contribution in [2.24, 2.45) is 10.1 Å². The number of rotatable bonds is 3. The standard InChI is InChI=1S/C13H13N3O3S/c1-9(17)16(13-15-12(18)8-20-13)14-7-10-3-5-11(19-2)6-4-10/h3-7H,8H2,1-2H3/b14-7+. The molecule has 20 heavy (non-hydrogen) atoms. The zero-order valence-corrected chi connectivity index (χ0v) is 11.9.